The fourth-order valence-corrected chi connectivity index (χ4v) is 8.69. The summed E-state index contributed by atoms with van der Waals surface area (Å²) < 4.78 is 39.8. The third-order valence-electron chi connectivity index (χ3n) is 10.6. The van der Waals surface area contributed by atoms with E-state index in [2.05, 4.69) is 26.2 Å². The molecule has 6 heterocycles. The number of aromatic nitrogens is 3. The van der Waals surface area contributed by atoms with Crippen molar-refractivity contribution in [2.75, 3.05) is 43.4 Å². The molecule has 4 saturated heterocycles. The first-order valence-electron chi connectivity index (χ1n) is 15.7. The van der Waals surface area contributed by atoms with Crippen molar-refractivity contribution in [2.24, 2.45) is 7.05 Å². The van der Waals surface area contributed by atoms with Gasteiger partial charge >= 0.3 is 6.01 Å². The molecule has 4 fully saturated rings. The highest BCUT2D eigenvalue weighted by molar-refractivity contribution is 6.35. The van der Waals surface area contributed by atoms with Gasteiger partial charge in [0.2, 0.25) is 0 Å². The van der Waals surface area contributed by atoms with Crippen molar-refractivity contribution in [2.45, 2.75) is 62.8 Å². The molecule has 3 N–H and O–H groups in total. The molecule has 0 radical (unpaired) electrons. The van der Waals surface area contributed by atoms with Crippen LogP contribution < -0.4 is 20.7 Å². The van der Waals surface area contributed by atoms with Crippen molar-refractivity contribution in [1.82, 2.24) is 24.8 Å². The minimum absolute atomic E-state index is 0.0654. The highest BCUT2D eigenvalue weighted by atomic mass is 35.5. The smallest absolute Gasteiger partial charge is 0.319 e. The Bertz CT molecular complexity index is 1910. The topological polar surface area (TPSA) is 108 Å². The van der Waals surface area contributed by atoms with E-state index in [0.29, 0.717) is 52.9 Å². The number of nitriles is 1. The van der Waals surface area contributed by atoms with Gasteiger partial charge in [-0.2, -0.15) is 15.2 Å². The Hall–Kier alpha value is -3.72. The minimum Gasteiger partial charge on any atom is -0.461 e. The molecule has 0 spiro atoms. The number of aryl methyl sites for hydroxylation is 1. The number of hydrogen-bond acceptors (Lipinski definition) is 8. The molecule has 0 amide bonds. The number of rotatable bonds is 5. The summed E-state index contributed by atoms with van der Waals surface area (Å²) in [4.78, 5) is 13.9. The van der Waals surface area contributed by atoms with Crippen LogP contribution in [0, 0.1) is 24.1 Å². The summed E-state index contributed by atoms with van der Waals surface area (Å²) in [6, 6.07) is 8.16. The lowest BCUT2D eigenvalue weighted by Gasteiger charge is -2.34. The molecule has 2 aromatic carbocycles. The lowest BCUT2D eigenvalue weighted by molar-refractivity contribution is 0.107. The fraction of sp³-hybridized carbons (Fsp3) is 0.485. The molecule has 234 valence electrons. The van der Waals surface area contributed by atoms with Crippen LogP contribution in [-0.4, -0.2) is 76.0 Å². The van der Waals surface area contributed by atoms with E-state index in [1.807, 2.05) is 24.6 Å². The van der Waals surface area contributed by atoms with Crippen LogP contribution in [0.5, 0.6) is 6.01 Å². The zero-order valence-corrected chi connectivity index (χ0v) is 26.1. The first kappa shape index (κ1) is 28.7. The number of nitrogens with one attached hydrogen (secondary N) is 1. The van der Waals surface area contributed by atoms with Crippen molar-refractivity contribution in [1.29, 1.82) is 5.26 Å². The molecule has 2 aromatic heterocycles. The number of alkyl halides is 1. The van der Waals surface area contributed by atoms with Crippen LogP contribution in [0.15, 0.2) is 18.2 Å². The van der Waals surface area contributed by atoms with Crippen molar-refractivity contribution >= 4 is 44.9 Å². The van der Waals surface area contributed by atoms with Gasteiger partial charge in [0.15, 0.2) is 5.82 Å². The number of nitrogens with zero attached hydrogens (tertiary/aromatic N) is 6. The van der Waals surface area contributed by atoms with Gasteiger partial charge in [-0.1, -0.05) is 11.6 Å². The molecule has 4 atom stereocenters. The van der Waals surface area contributed by atoms with Gasteiger partial charge < -0.3 is 25.3 Å². The quantitative estimate of drug-likeness (QED) is 0.288. The monoisotopic (exact) mass is 632 g/mol. The van der Waals surface area contributed by atoms with Crippen LogP contribution in [0.3, 0.4) is 0 Å². The molecule has 8 rings (SSSR count). The number of fused-ring (bicyclic) bond motifs is 5. The standard InChI is InChI=1S/C33H35ClF2N8O/c1-17-26(27-22(12-37)24(38)6-7-25(27)42(17)2)28-23(34)10-21-30(29(28)36)40-32(41-31(21)43-14-19-4-5-20(15-43)39-19)45-16-33-8-3-9-44(33)13-18(35)11-33/h6-7,10,18-20,39H,3-5,8-9,11,13-16,38H2,1-2H3/t18-,19?,20?,33+/m1/s1. The Morgan fingerprint density at radius 2 is 1.98 bits per heavy atom. The van der Waals surface area contributed by atoms with E-state index in [0.717, 1.165) is 56.5 Å². The summed E-state index contributed by atoms with van der Waals surface area (Å²) in [6.45, 7) is 4.80. The molecule has 2 bridgehead atoms. The summed E-state index contributed by atoms with van der Waals surface area (Å²) in [5, 5.41) is 14.9. The third kappa shape index (κ3) is 4.37. The number of benzene rings is 2. The number of piperazine rings is 1. The van der Waals surface area contributed by atoms with Gasteiger partial charge in [0, 0.05) is 72.8 Å². The van der Waals surface area contributed by atoms with E-state index in [9.17, 15) is 9.65 Å². The SMILES string of the molecule is Cc1c(-c2c(Cl)cc3c(N4CC5CCC(C4)N5)nc(OC[C@@]45CCCN4C[C@H](F)C5)nc3c2F)c2c(C#N)c(N)ccc2n1C. The predicted octanol–water partition coefficient (Wildman–Crippen LogP) is 5.24. The maximum atomic E-state index is 17.1. The molecular formula is C33H35ClF2N8O. The average Bonchev–Trinajstić information content (AvgIpc) is 3.72. The molecular weight excluding hydrogens is 598 g/mol. The minimum atomic E-state index is -0.892. The molecule has 4 aliphatic heterocycles. The van der Waals surface area contributed by atoms with E-state index in [-0.39, 0.29) is 34.3 Å². The average molecular weight is 633 g/mol. The van der Waals surface area contributed by atoms with E-state index in [1.54, 1.807) is 12.1 Å². The van der Waals surface area contributed by atoms with Crippen LogP contribution in [0.25, 0.3) is 32.9 Å². The molecule has 0 saturated carbocycles. The lowest BCUT2D eigenvalue weighted by atomic mass is 9.95. The Labute approximate surface area is 264 Å². The number of halogens is 3. The first-order valence-corrected chi connectivity index (χ1v) is 16.1. The molecule has 4 aliphatic rings. The van der Waals surface area contributed by atoms with Gasteiger partial charge in [0.25, 0.3) is 0 Å². The summed E-state index contributed by atoms with van der Waals surface area (Å²) >= 11 is 6.98. The van der Waals surface area contributed by atoms with E-state index in [4.69, 9.17) is 27.1 Å². The van der Waals surface area contributed by atoms with Gasteiger partial charge in [-0.3, -0.25) is 4.90 Å². The summed E-state index contributed by atoms with van der Waals surface area (Å²) in [7, 11) is 1.87. The van der Waals surface area contributed by atoms with Crippen molar-refractivity contribution in [3.63, 3.8) is 0 Å². The summed E-state index contributed by atoms with van der Waals surface area (Å²) in [6.07, 6.45) is 3.48. The van der Waals surface area contributed by atoms with Crippen molar-refractivity contribution in [3.8, 4) is 23.2 Å². The molecule has 2 unspecified atom stereocenters. The van der Waals surface area contributed by atoms with E-state index < -0.39 is 17.5 Å². The largest absolute Gasteiger partial charge is 0.461 e. The van der Waals surface area contributed by atoms with Crippen LogP contribution in [0.4, 0.5) is 20.3 Å². The van der Waals surface area contributed by atoms with Gasteiger partial charge in [-0.05, 0) is 57.4 Å². The van der Waals surface area contributed by atoms with E-state index in [1.165, 1.54) is 0 Å². The number of hydrogen-bond donors (Lipinski definition) is 2. The molecule has 9 nitrogen and oxygen atoms in total. The number of nitrogens with two attached hydrogens (primary N) is 1. The first-order chi connectivity index (χ1) is 21.7. The van der Waals surface area contributed by atoms with Gasteiger partial charge in [-0.15, -0.1) is 0 Å². The molecule has 4 aromatic rings. The van der Waals surface area contributed by atoms with Crippen LogP contribution >= 0.6 is 11.6 Å². The van der Waals surface area contributed by atoms with Gasteiger partial charge in [-0.25, -0.2) is 8.78 Å². The Morgan fingerprint density at radius 1 is 1.20 bits per heavy atom. The van der Waals surface area contributed by atoms with E-state index >= 15 is 4.39 Å². The molecule has 45 heavy (non-hydrogen) atoms. The zero-order valence-electron chi connectivity index (χ0n) is 25.3. The second-order valence-corrected chi connectivity index (χ2v) is 13.6. The summed E-state index contributed by atoms with van der Waals surface area (Å²) in [5.41, 5.74) is 8.63. The second kappa shape index (κ2) is 10.4. The maximum Gasteiger partial charge on any atom is 0.319 e. The number of anilines is 2. The second-order valence-electron chi connectivity index (χ2n) is 13.2. The Kier molecular flexibility index (Phi) is 6.64. The lowest BCUT2D eigenvalue weighted by Crippen LogP contribution is -2.51. The predicted molar refractivity (Wildman–Crippen MR) is 171 cm³/mol. The van der Waals surface area contributed by atoms with Crippen LogP contribution in [0.1, 0.15) is 43.4 Å². The normalized spacial score (nSPS) is 26.2. The highest BCUT2D eigenvalue weighted by Crippen LogP contribution is 2.46. The third-order valence-corrected chi connectivity index (χ3v) is 10.9. The number of ether oxygens (including phenoxy) is 1. The van der Waals surface area contributed by atoms with Crippen molar-refractivity contribution in [3.05, 3.63) is 40.3 Å². The molecule has 12 heteroatoms. The van der Waals surface area contributed by atoms with Crippen molar-refractivity contribution < 1.29 is 13.5 Å². The zero-order chi connectivity index (χ0) is 31.2. The van der Waals surface area contributed by atoms with Gasteiger partial charge in [0.1, 0.15) is 30.2 Å². The number of nitrogen functional groups attached to an aromatic ring is 1. The molecule has 0 aliphatic carbocycles. The van der Waals surface area contributed by atoms with Crippen LogP contribution in [0.2, 0.25) is 5.02 Å². The fourth-order valence-electron chi connectivity index (χ4n) is 8.41. The van der Waals surface area contributed by atoms with Gasteiger partial charge in [0.05, 0.1) is 27.3 Å². The Balaban J connectivity index is 1.31. The highest BCUT2D eigenvalue weighted by Gasteiger charge is 2.49. The maximum absolute atomic E-state index is 17.1. The summed E-state index contributed by atoms with van der Waals surface area (Å²) in [5.74, 6) is -0.0377. The Morgan fingerprint density at radius 3 is 2.73 bits per heavy atom. The van der Waals surface area contributed by atoms with Crippen LogP contribution in [-0.2, 0) is 7.05 Å².